The van der Waals surface area contributed by atoms with Gasteiger partial charge in [-0.1, -0.05) is 6.07 Å². The zero-order valence-corrected chi connectivity index (χ0v) is 17.4. The summed E-state index contributed by atoms with van der Waals surface area (Å²) < 4.78 is 5.40. The lowest BCUT2D eigenvalue weighted by atomic mass is 9.93. The highest BCUT2D eigenvalue weighted by Gasteiger charge is 2.32. The number of piperidine rings is 2. The van der Waals surface area contributed by atoms with Crippen molar-refractivity contribution in [2.24, 2.45) is 5.92 Å². The van der Waals surface area contributed by atoms with Crippen molar-refractivity contribution in [2.75, 3.05) is 33.2 Å². The number of rotatable bonds is 6. The largest absolute Gasteiger partial charge is 0.467 e. The molecule has 0 N–H and O–H groups in total. The molecule has 2 saturated heterocycles. The van der Waals surface area contributed by atoms with Crippen LogP contribution in [0.15, 0.2) is 47.3 Å². The molecule has 2 aromatic rings. The molecule has 4 rings (SSSR count). The van der Waals surface area contributed by atoms with Gasteiger partial charge in [0, 0.05) is 38.6 Å². The van der Waals surface area contributed by atoms with Crippen molar-refractivity contribution in [1.82, 2.24) is 19.7 Å². The number of carbonyl (C=O) groups excluding carboxylic acids is 1. The molecule has 0 aromatic carbocycles. The van der Waals surface area contributed by atoms with Crippen LogP contribution in [0.3, 0.4) is 0 Å². The van der Waals surface area contributed by atoms with E-state index in [1.165, 1.54) is 18.4 Å². The predicted octanol–water partition coefficient (Wildman–Crippen LogP) is 3.01. The molecule has 0 radical (unpaired) electrons. The zero-order valence-electron chi connectivity index (χ0n) is 17.4. The van der Waals surface area contributed by atoms with E-state index in [1.807, 2.05) is 42.5 Å². The average Bonchev–Trinajstić information content (AvgIpc) is 3.27. The molecule has 4 heterocycles. The highest BCUT2D eigenvalue weighted by Crippen LogP contribution is 2.26. The molecule has 2 aromatic heterocycles. The first-order valence-corrected chi connectivity index (χ1v) is 10.8. The van der Waals surface area contributed by atoms with E-state index >= 15 is 0 Å². The topological polar surface area (TPSA) is 52.8 Å². The van der Waals surface area contributed by atoms with Gasteiger partial charge in [0.15, 0.2) is 0 Å². The maximum Gasteiger partial charge on any atom is 0.227 e. The van der Waals surface area contributed by atoms with Crippen LogP contribution in [0.25, 0.3) is 0 Å². The van der Waals surface area contributed by atoms with Crippen LogP contribution in [0.4, 0.5) is 0 Å². The van der Waals surface area contributed by atoms with E-state index in [0.29, 0.717) is 12.6 Å². The standard InChI is InChI=1S/C23H32N4O2/c1-25(18-22-7-4-14-29-22)23(28)20-6-3-11-27(17-20)21-8-12-26(13-9-21)16-19-5-2-10-24-15-19/h2,4-5,7,10,14-15,20-21H,3,6,8-9,11-13,16-18H2,1H3. The van der Waals surface area contributed by atoms with Crippen LogP contribution in [0.5, 0.6) is 0 Å². The summed E-state index contributed by atoms with van der Waals surface area (Å²) in [6.07, 6.45) is 9.93. The Morgan fingerprint density at radius 3 is 2.79 bits per heavy atom. The molecule has 6 nitrogen and oxygen atoms in total. The minimum atomic E-state index is 0.108. The lowest BCUT2D eigenvalue weighted by Crippen LogP contribution is -2.50. The highest BCUT2D eigenvalue weighted by atomic mass is 16.3. The number of furan rings is 1. The van der Waals surface area contributed by atoms with Crippen LogP contribution in [0, 0.1) is 5.92 Å². The molecular weight excluding hydrogens is 364 g/mol. The van der Waals surface area contributed by atoms with Crippen molar-refractivity contribution in [1.29, 1.82) is 0 Å². The zero-order chi connectivity index (χ0) is 20.1. The number of hydrogen-bond acceptors (Lipinski definition) is 5. The molecule has 2 aliphatic rings. The Morgan fingerprint density at radius 1 is 1.21 bits per heavy atom. The lowest BCUT2D eigenvalue weighted by Gasteiger charge is -2.42. The fraction of sp³-hybridized carbons (Fsp3) is 0.565. The van der Waals surface area contributed by atoms with E-state index in [4.69, 9.17) is 4.42 Å². The molecule has 1 amide bonds. The molecule has 0 spiro atoms. The molecule has 1 unspecified atom stereocenters. The second-order valence-electron chi connectivity index (χ2n) is 8.48. The van der Waals surface area contributed by atoms with Gasteiger partial charge < -0.3 is 9.32 Å². The number of hydrogen-bond donors (Lipinski definition) is 0. The molecule has 29 heavy (non-hydrogen) atoms. The molecule has 0 aliphatic carbocycles. The Labute approximate surface area is 173 Å². The third-order valence-electron chi connectivity index (χ3n) is 6.35. The van der Waals surface area contributed by atoms with Gasteiger partial charge in [0.1, 0.15) is 5.76 Å². The first-order chi connectivity index (χ1) is 14.2. The van der Waals surface area contributed by atoms with Crippen molar-refractivity contribution < 1.29 is 9.21 Å². The Hall–Kier alpha value is -2.18. The van der Waals surface area contributed by atoms with E-state index < -0.39 is 0 Å². The van der Waals surface area contributed by atoms with Crippen LogP contribution in [-0.2, 0) is 17.9 Å². The second kappa shape index (κ2) is 9.55. The van der Waals surface area contributed by atoms with Gasteiger partial charge in [0.25, 0.3) is 0 Å². The molecular formula is C23H32N4O2. The Morgan fingerprint density at radius 2 is 2.07 bits per heavy atom. The number of carbonyl (C=O) groups is 1. The quantitative estimate of drug-likeness (QED) is 0.751. The van der Waals surface area contributed by atoms with Crippen LogP contribution in [0.2, 0.25) is 0 Å². The van der Waals surface area contributed by atoms with E-state index in [-0.39, 0.29) is 11.8 Å². The van der Waals surface area contributed by atoms with Crippen molar-refractivity contribution in [3.8, 4) is 0 Å². The van der Waals surface area contributed by atoms with E-state index in [0.717, 1.165) is 51.3 Å². The lowest BCUT2D eigenvalue weighted by molar-refractivity contribution is -0.137. The summed E-state index contributed by atoms with van der Waals surface area (Å²) in [5.41, 5.74) is 1.29. The number of nitrogens with zero attached hydrogens (tertiary/aromatic N) is 4. The SMILES string of the molecule is CN(Cc1ccco1)C(=O)C1CCCN(C2CCN(Cc3cccnc3)CC2)C1. The fourth-order valence-corrected chi connectivity index (χ4v) is 4.76. The van der Waals surface area contributed by atoms with Crippen molar-refractivity contribution in [3.05, 3.63) is 54.2 Å². The van der Waals surface area contributed by atoms with E-state index in [2.05, 4.69) is 20.9 Å². The smallest absolute Gasteiger partial charge is 0.227 e. The summed E-state index contributed by atoms with van der Waals surface area (Å²) in [5.74, 6) is 1.20. The maximum atomic E-state index is 13.0. The Kier molecular flexibility index (Phi) is 6.62. The van der Waals surface area contributed by atoms with Gasteiger partial charge in [-0.25, -0.2) is 0 Å². The normalized spacial score (nSPS) is 21.9. The summed E-state index contributed by atoms with van der Waals surface area (Å²) in [6, 6.07) is 8.56. The summed E-state index contributed by atoms with van der Waals surface area (Å²) in [7, 11) is 1.89. The molecule has 6 heteroatoms. The maximum absolute atomic E-state index is 13.0. The Balaban J connectivity index is 1.26. The van der Waals surface area contributed by atoms with E-state index in [1.54, 1.807) is 6.26 Å². The number of likely N-dealkylation sites (tertiary alicyclic amines) is 2. The molecule has 2 fully saturated rings. The van der Waals surface area contributed by atoms with Crippen LogP contribution in [-0.4, -0.2) is 64.9 Å². The minimum absolute atomic E-state index is 0.108. The monoisotopic (exact) mass is 396 g/mol. The Bertz CT molecular complexity index is 756. The average molecular weight is 397 g/mol. The third-order valence-corrected chi connectivity index (χ3v) is 6.35. The van der Waals surface area contributed by atoms with Gasteiger partial charge in [0.05, 0.1) is 18.7 Å². The first-order valence-electron chi connectivity index (χ1n) is 10.8. The van der Waals surface area contributed by atoms with Gasteiger partial charge >= 0.3 is 0 Å². The highest BCUT2D eigenvalue weighted by molar-refractivity contribution is 5.78. The fourth-order valence-electron chi connectivity index (χ4n) is 4.76. The molecule has 156 valence electrons. The molecule has 1 atom stereocenters. The number of aromatic nitrogens is 1. The van der Waals surface area contributed by atoms with Crippen molar-refractivity contribution >= 4 is 5.91 Å². The van der Waals surface area contributed by atoms with E-state index in [9.17, 15) is 4.79 Å². The predicted molar refractivity (Wildman–Crippen MR) is 112 cm³/mol. The number of amides is 1. The van der Waals surface area contributed by atoms with Gasteiger partial charge in [-0.3, -0.25) is 19.6 Å². The first kappa shape index (κ1) is 20.1. The van der Waals surface area contributed by atoms with Crippen LogP contribution >= 0.6 is 0 Å². The van der Waals surface area contributed by atoms with Gasteiger partial charge in [-0.2, -0.15) is 0 Å². The summed E-state index contributed by atoms with van der Waals surface area (Å²) >= 11 is 0. The summed E-state index contributed by atoms with van der Waals surface area (Å²) in [5, 5.41) is 0. The molecule has 0 bridgehead atoms. The minimum Gasteiger partial charge on any atom is -0.467 e. The van der Waals surface area contributed by atoms with Gasteiger partial charge in [-0.15, -0.1) is 0 Å². The number of pyridine rings is 1. The summed E-state index contributed by atoms with van der Waals surface area (Å²) in [6.45, 7) is 5.79. The molecule has 0 saturated carbocycles. The molecule has 2 aliphatic heterocycles. The van der Waals surface area contributed by atoms with Gasteiger partial charge in [-0.05, 0) is 69.1 Å². The third kappa shape index (κ3) is 5.25. The van der Waals surface area contributed by atoms with Crippen LogP contribution in [0.1, 0.15) is 37.0 Å². The van der Waals surface area contributed by atoms with Crippen LogP contribution < -0.4 is 0 Å². The van der Waals surface area contributed by atoms with Crippen molar-refractivity contribution in [3.63, 3.8) is 0 Å². The van der Waals surface area contributed by atoms with Crippen molar-refractivity contribution in [2.45, 2.75) is 44.8 Å². The van der Waals surface area contributed by atoms with Gasteiger partial charge in [0.2, 0.25) is 5.91 Å². The summed E-state index contributed by atoms with van der Waals surface area (Å²) in [4.78, 5) is 24.1. The second-order valence-corrected chi connectivity index (χ2v) is 8.48.